The Bertz CT molecular complexity index is 1380. The first kappa shape index (κ1) is 23.5. The standard InChI is InChI=1S/C26H22FN3O5/c1-33-22-11-9-18-20(12-13-28-23(18)24(22)34-2)35-21-10-8-17(14-19(21)27)30-26(32)25(31)29-15-16-6-4-3-5-7-16/h3-14H,15H2,1-2H3,(H,29,31)(H,30,32). The third-order valence-electron chi connectivity index (χ3n) is 5.13. The largest absolute Gasteiger partial charge is 0.493 e. The average Bonchev–Trinajstić information content (AvgIpc) is 2.88. The van der Waals surface area contributed by atoms with Crippen LogP contribution in [0.5, 0.6) is 23.0 Å². The molecule has 178 valence electrons. The van der Waals surface area contributed by atoms with E-state index in [2.05, 4.69) is 15.6 Å². The Morgan fingerprint density at radius 3 is 2.37 bits per heavy atom. The van der Waals surface area contributed by atoms with Gasteiger partial charge in [-0.2, -0.15) is 0 Å². The van der Waals surface area contributed by atoms with E-state index in [-0.39, 0.29) is 18.0 Å². The Hall–Kier alpha value is -4.66. The molecule has 0 bridgehead atoms. The van der Waals surface area contributed by atoms with Crippen molar-refractivity contribution in [1.29, 1.82) is 0 Å². The number of rotatable bonds is 7. The minimum absolute atomic E-state index is 0.0705. The topological polar surface area (TPSA) is 98.8 Å². The van der Waals surface area contributed by atoms with Crippen LogP contribution in [-0.2, 0) is 16.1 Å². The van der Waals surface area contributed by atoms with Crippen molar-refractivity contribution in [2.24, 2.45) is 0 Å². The molecule has 0 unspecified atom stereocenters. The molecule has 0 radical (unpaired) electrons. The van der Waals surface area contributed by atoms with Gasteiger partial charge in [0.1, 0.15) is 11.3 Å². The van der Waals surface area contributed by atoms with Crippen LogP contribution in [0.2, 0.25) is 0 Å². The summed E-state index contributed by atoms with van der Waals surface area (Å²) in [6, 6.07) is 18.1. The number of anilines is 1. The molecule has 0 atom stereocenters. The Labute approximate surface area is 200 Å². The number of carbonyl (C=O) groups is 2. The Morgan fingerprint density at radius 1 is 0.886 bits per heavy atom. The number of halogens is 1. The zero-order valence-corrected chi connectivity index (χ0v) is 19.0. The molecule has 0 saturated heterocycles. The fourth-order valence-electron chi connectivity index (χ4n) is 3.42. The SMILES string of the molecule is COc1ccc2c(Oc3ccc(NC(=O)C(=O)NCc4ccccc4)cc3F)ccnc2c1OC. The second-order valence-electron chi connectivity index (χ2n) is 7.38. The summed E-state index contributed by atoms with van der Waals surface area (Å²) in [5.74, 6) is -1.25. The van der Waals surface area contributed by atoms with E-state index in [0.29, 0.717) is 28.2 Å². The highest BCUT2D eigenvalue weighted by molar-refractivity contribution is 6.39. The molecule has 1 heterocycles. The van der Waals surface area contributed by atoms with Gasteiger partial charge < -0.3 is 24.8 Å². The van der Waals surface area contributed by atoms with Crippen LogP contribution >= 0.6 is 0 Å². The molecule has 4 rings (SSSR count). The first-order valence-electron chi connectivity index (χ1n) is 10.6. The maximum absolute atomic E-state index is 14.8. The van der Waals surface area contributed by atoms with Gasteiger partial charge in [0.2, 0.25) is 0 Å². The molecule has 0 aliphatic rings. The van der Waals surface area contributed by atoms with E-state index in [9.17, 15) is 14.0 Å². The van der Waals surface area contributed by atoms with Gasteiger partial charge in [0.15, 0.2) is 23.1 Å². The Morgan fingerprint density at radius 2 is 1.66 bits per heavy atom. The summed E-state index contributed by atoms with van der Waals surface area (Å²) < 4.78 is 31.3. The normalized spacial score (nSPS) is 10.5. The molecule has 2 N–H and O–H groups in total. The molecule has 4 aromatic rings. The van der Waals surface area contributed by atoms with Crippen LogP contribution in [0.1, 0.15) is 5.56 Å². The molecule has 8 nitrogen and oxygen atoms in total. The van der Waals surface area contributed by atoms with Crippen LogP contribution in [0.4, 0.5) is 10.1 Å². The molecule has 0 fully saturated rings. The molecule has 0 saturated carbocycles. The second-order valence-corrected chi connectivity index (χ2v) is 7.38. The average molecular weight is 475 g/mol. The van der Waals surface area contributed by atoms with Crippen LogP contribution in [0.3, 0.4) is 0 Å². The number of benzene rings is 3. The summed E-state index contributed by atoms with van der Waals surface area (Å²) in [6.07, 6.45) is 1.51. The molecular formula is C26H22FN3O5. The van der Waals surface area contributed by atoms with Crippen molar-refractivity contribution in [3.63, 3.8) is 0 Å². The van der Waals surface area contributed by atoms with Crippen molar-refractivity contribution in [3.8, 4) is 23.0 Å². The second kappa shape index (κ2) is 10.5. The number of methoxy groups -OCH3 is 2. The molecule has 3 aromatic carbocycles. The van der Waals surface area contributed by atoms with Gasteiger partial charge in [0.05, 0.1) is 14.2 Å². The zero-order valence-electron chi connectivity index (χ0n) is 19.0. The third kappa shape index (κ3) is 5.30. The molecule has 1 aromatic heterocycles. The van der Waals surface area contributed by atoms with Crippen molar-refractivity contribution in [2.45, 2.75) is 6.54 Å². The number of nitrogens with one attached hydrogen (secondary N) is 2. The van der Waals surface area contributed by atoms with Crippen molar-refractivity contribution in [1.82, 2.24) is 10.3 Å². The lowest BCUT2D eigenvalue weighted by atomic mass is 10.1. The van der Waals surface area contributed by atoms with E-state index in [4.69, 9.17) is 14.2 Å². The van der Waals surface area contributed by atoms with Crippen LogP contribution in [0, 0.1) is 5.82 Å². The predicted octanol–water partition coefficient (Wildman–Crippen LogP) is 4.44. The van der Waals surface area contributed by atoms with Gasteiger partial charge in [-0.15, -0.1) is 0 Å². The maximum Gasteiger partial charge on any atom is 0.313 e. The van der Waals surface area contributed by atoms with Gasteiger partial charge in [-0.25, -0.2) is 4.39 Å². The molecular weight excluding hydrogens is 453 g/mol. The van der Waals surface area contributed by atoms with Gasteiger partial charge in [-0.3, -0.25) is 14.6 Å². The number of hydrogen-bond donors (Lipinski definition) is 2. The summed E-state index contributed by atoms with van der Waals surface area (Å²) in [5.41, 5.74) is 1.46. The quantitative estimate of drug-likeness (QED) is 0.384. The lowest BCUT2D eigenvalue weighted by Crippen LogP contribution is -2.34. The van der Waals surface area contributed by atoms with Gasteiger partial charge in [-0.05, 0) is 35.9 Å². The van der Waals surface area contributed by atoms with E-state index in [0.717, 1.165) is 11.6 Å². The molecule has 0 aliphatic heterocycles. The van der Waals surface area contributed by atoms with Crippen molar-refractivity contribution in [2.75, 3.05) is 19.5 Å². The summed E-state index contributed by atoms with van der Waals surface area (Å²) in [4.78, 5) is 28.6. The lowest BCUT2D eigenvalue weighted by Gasteiger charge is -2.14. The van der Waals surface area contributed by atoms with Gasteiger partial charge in [0, 0.05) is 29.9 Å². The zero-order chi connectivity index (χ0) is 24.8. The van der Waals surface area contributed by atoms with E-state index >= 15 is 0 Å². The highest BCUT2D eigenvalue weighted by Gasteiger charge is 2.17. The van der Waals surface area contributed by atoms with Gasteiger partial charge in [0.25, 0.3) is 0 Å². The minimum atomic E-state index is -0.907. The number of carbonyl (C=O) groups excluding carboxylic acids is 2. The first-order chi connectivity index (χ1) is 17.0. The van der Waals surface area contributed by atoms with E-state index in [1.54, 1.807) is 18.2 Å². The lowest BCUT2D eigenvalue weighted by molar-refractivity contribution is -0.136. The molecule has 2 amide bonds. The number of hydrogen-bond acceptors (Lipinski definition) is 6. The van der Waals surface area contributed by atoms with Crippen molar-refractivity contribution < 1.29 is 28.2 Å². The molecule has 9 heteroatoms. The smallest absolute Gasteiger partial charge is 0.313 e. The Kier molecular flexibility index (Phi) is 7.06. The number of amides is 2. The number of nitrogens with zero attached hydrogens (tertiary/aromatic N) is 1. The third-order valence-corrected chi connectivity index (χ3v) is 5.13. The summed E-state index contributed by atoms with van der Waals surface area (Å²) in [6.45, 7) is 0.199. The summed E-state index contributed by atoms with van der Waals surface area (Å²) in [7, 11) is 3.02. The van der Waals surface area contributed by atoms with Crippen LogP contribution in [0.15, 0.2) is 72.9 Å². The molecule has 0 aliphatic carbocycles. The van der Waals surface area contributed by atoms with Crippen LogP contribution < -0.4 is 24.8 Å². The number of ether oxygens (including phenoxy) is 3. The fraction of sp³-hybridized carbons (Fsp3) is 0.115. The fourth-order valence-corrected chi connectivity index (χ4v) is 3.42. The highest BCUT2D eigenvalue weighted by atomic mass is 19.1. The Balaban J connectivity index is 1.46. The number of fused-ring (bicyclic) bond motifs is 1. The molecule has 0 spiro atoms. The van der Waals surface area contributed by atoms with Crippen molar-refractivity contribution >= 4 is 28.4 Å². The van der Waals surface area contributed by atoms with Gasteiger partial charge in [-0.1, -0.05) is 30.3 Å². The van der Waals surface area contributed by atoms with Gasteiger partial charge >= 0.3 is 11.8 Å². The van der Waals surface area contributed by atoms with Crippen LogP contribution in [-0.4, -0.2) is 31.0 Å². The highest BCUT2D eigenvalue weighted by Crippen LogP contribution is 2.39. The monoisotopic (exact) mass is 475 g/mol. The minimum Gasteiger partial charge on any atom is -0.493 e. The summed E-state index contributed by atoms with van der Waals surface area (Å²) >= 11 is 0. The van der Waals surface area contributed by atoms with E-state index in [1.807, 2.05) is 30.3 Å². The first-order valence-corrected chi connectivity index (χ1v) is 10.6. The van der Waals surface area contributed by atoms with E-state index < -0.39 is 17.6 Å². The van der Waals surface area contributed by atoms with Crippen molar-refractivity contribution in [3.05, 3.63) is 84.3 Å². The predicted molar refractivity (Wildman–Crippen MR) is 128 cm³/mol. The molecule has 35 heavy (non-hydrogen) atoms. The van der Waals surface area contributed by atoms with E-state index in [1.165, 1.54) is 32.5 Å². The number of pyridine rings is 1. The summed E-state index contributed by atoms with van der Waals surface area (Å²) in [5, 5.41) is 5.49. The number of aromatic nitrogens is 1. The van der Waals surface area contributed by atoms with Crippen LogP contribution in [0.25, 0.3) is 10.9 Å². The maximum atomic E-state index is 14.8.